The van der Waals surface area contributed by atoms with Crippen molar-refractivity contribution in [3.8, 4) is 0 Å². The second kappa shape index (κ2) is 11.7. The number of piperidine rings is 1. The van der Waals surface area contributed by atoms with Gasteiger partial charge in [0, 0.05) is 29.7 Å². The lowest BCUT2D eigenvalue weighted by Gasteiger charge is -2.37. The molecule has 2 heterocycles. The van der Waals surface area contributed by atoms with E-state index in [1.54, 1.807) is 18.1 Å². The Kier molecular flexibility index (Phi) is 8.76. The number of carbonyl (C=O) groups is 1. The molecule has 1 unspecified atom stereocenters. The highest BCUT2D eigenvalue weighted by Gasteiger charge is 2.30. The summed E-state index contributed by atoms with van der Waals surface area (Å²) in [5, 5.41) is 24.3. The quantitative estimate of drug-likeness (QED) is 0.255. The van der Waals surface area contributed by atoms with Crippen LogP contribution in [0.2, 0.25) is 0 Å². The van der Waals surface area contributed by atoms with Crippen molar-refractivity contribution in [2.45, 2.75) is 32.0 Å². The minimum Gasteiger partial charge on any atom is -0.459 e. The first-order valence-corrected chi connectivity index (χ1v) is 11.9. The number of hydrogen-bond acceptors (Lipinski definition) is 8. The van der Waals surface area contributed by atoms with Crippen LogP contribution in [-0.4, -0.2) is 67.3 Å². The minimum atomic E-state index is -0.273. The number of amides is 1. The molecular weight excluding hydrogens is 436 g/mol. The van der Waals surface area contributed by atoms with Crippen LogP contribution >= 0.6 is 11.3 Å². The van der Waals surface area contributed by atoms with Crippen molar-refractivity contribution in [1.82, 2.24) is 15.1 Å². The topological polar surface area (TPSA) is 105 Å². The molecule has 1 amide bonds. The number of rotatable bonds is 9. The normalized spacial score (nSPS) is 16.2. The number of nitrogens with one attached hydrogen (secondary N) is 4. The van der Waals surface area contributed by atoms with Gasteiger partial charge in [0.15, 0.2) is 0 Å². The molecule has 0 radical (unpaired) electrons. The van der Waals surface area contributed by atoms with Crippen LogP contribution in [0.1, 0.15) is 35.0 Å². The summed E-state index contributed by atoms with van der Waals surface area (Å²) in [5.74, 6) is -0.0151. The van der Waals surface area contributed by atoms with E-state index in [2.05, 4.69) is 22.6 Å². The second-order valence-corrected chi connectivity index (χ2v) is 8.95. The highest BCUT2D eigenvalue weighted by atomic mass is 32.1. The first-order chi connectivity index (χ1) is 15.9. The third kappa shape index (κ3) is 6.50. The number of allylic oxidation sites excluding steroid dienone is 1. The van der Waals surface area contributed by atoms with Gasteiger partial charge in [0.2, 0.25) is 5.90 Å². The van der Waals surface area contributed by atoms with Gasteiger partial charge in [0.05, 0.1) is 10.6 Å². The number of hydrogen-bond donors (Lipinski definition) is 4. The fourth-order valence-corrected chi connectivity index (χ4v) is 4.32. The van der Waals surface area contributed by atoms with Crippen molar-refractivity contribution in [1.29, 1.82) is 10.8 Å². The Hall–Kier alpha value is -3.01. The van der Waals surface area contributed by atoms with Crippen LogP contribution in [0, 0.1) is 10.8 Å². The molecule has 1 aliphatic rings. The third-order valence-corrected chi connectivity index (χ3v) is 6.50. The molecule has 0 saturated carbocycles. The van der Waals surface area contributed by atoms with Gasteiger partial charge in [0.25, 0.3) is 5.91 Å². The van der Waals surface area contributed by atoms with Gasteiger partial charge in [-0.3, -0.25) is 15.5 Å². The Morgan fingerprint density at radius 2 is 2.06 bits per heavy atom. The summed E-state index contributed by atoms with van der Waals surface area (Å²) < 4.78 is 5.52. The number of ether oxygens (including phenoxy) is 1. The van der Waals surface area contributed by atoms with Crippen LogP contribution in [0.15, 0.2) is 53.7 Å². The predicted octanol–water partition coefficient (Wildman–Crippen LogP) is 3.79. The summed E-state index contributed by atoms with van der Waals surface area (Å²) in [4.78, 5) is 18.0. The molecule has 8 nitrogen and oxygen atoms in total. The van der Waals surface area contributed by atoms with Gasteiger partial charge in [0.1, 0.15) is 6.23 Å². The molecule has 176 valence electrons. The fourth-order valence-electron chi connectivity index (χ4n) is 3.66. The zero-order chi connectivity index (χ0) is 23.8. The molecule has 2 aromatic rings. The van der Waals surface area contributed by atoms with Gasteiger partial charge < -0.3 is 25.3 Å². The molecule has 1 aromatic carbocycles. The van der Waals surface area contributed by atoms with E-state index in [-0.39, 0.29) is 24.1 Å². The summed E-state index contributed by atoms with van der Waals surface area (Å²) in [6.07, 6.45) is 4.35. The van der Waals surface area contributed by atoms with E-state index < -0.39 is 0 Å². The largest absolute Gasteiger partial charge is 0.459 e. The van der Waals surface area contributed by atoms with Crippen molar-refractivity contribution in [3.05, 3.63) is 64.1 Å². The van der Waals surface area contributed by atoms with Crippen LogP contribution < -0.4 is 10.6 Å². The molecule has 1 saturated heterocycles. The summed E-state index contributed by atoms with van der Waals surface area (Å²) >= 11 is 1.41. The zero-order valence-corrected chi connectivity index (χ0v) is 20.1. The summed E-state index contributed by atoms with van der Waals surface area (Å²) in [6, 6.07) is 11.0. The molecule has 1 aromatic heterocycles. The van der Waals surface area contributed by atoms with Gasteiger partial charge in [-0.05, 0) is 76.6 Å². The predicted molar refractivity (Wildman–Crippen MR) is 134 cm³/mol. The Morgan fingerprint density at radius 1 is 1.30 bits per heavy atom. The average molecular weight is 469 g/mol. The summed E-state index contributed by atoms with van der Waals surface area (Å²) in [5.41, 5.74) is 1.88. The number of carbonyl (C=O) groups excluding carboxylic acids is 1. The maximum absolute atomic E-state index is 13.4. The molecule has 9 heteroatoms. The van der Waals surface area contributed by atoms with E-state index in [1.165, 1.54) is 17.6 Å². The summed E-state index contributed by atoms with van der Waals surface area (Å²) in [6.45, 7) is 3.65. The highest BCUT2D eigenvalue weighted by Crippen LogP contribution is 2.24. The van der Waals surface area contributed by atoms with Crippen molar-refractivity contribution in [2.24, 2.45) is 0 Å². The van der Waals surface area contributed by atoms with Crippen LogP contribution in [0.25, 0.3) is 0 Å². The lowest BCUT2D eigenvalue weighted by molar-refractivity contribution is 0.0697. The zero-order valence-electron chi connectivity index (χ0n) is 19.3. The van der Waals surface area contributed by atoms with Gasteiger partial charge in [-0.25, -0.2) is 0 Å². The molecule has 0 spiro atoms. The minimum absolute atomic E-state index is 0.0291. The second-order valence-electron chi connectivity index (χ2n) is 8.00. The lowest BCUT2D eigenvalue weighted by Crippen LogP contribution is -2.46. The molecule has 4 N–H and O–H groups in total. The number of likely N-dealkylation sites (tertiary alicyclic amines) is 1. The van der Waals surface area contributed by atoms with E-state index >= 15 is 0 Å². The van der Waals surface area contributed by atoms with Crippen LogP contribution in [0.4, 0.5) is 5.69 Å². The molecule has 0 aliphatic carbocycles. The molecule has 1 fully saturated rings. The van der Waals surface area contributed by atoms with E-state index in [9.17, 15) is 4.79 Å². The summed E-state index contributed by atoms with van der Waals surface area (Å²) in [7, 11) is 3.86. The Morgan fingerprint density at radius 3 is 2.70 bits per heavy atom. The maximum Gasteiger partial charge on any atom is 0.268 e. The fraction of sp³-hybridized carbons (Fsp3) is 0.375. The number of anilines is 1. The average Bonchev–Trinajstić information content (AvgIpc) is 3.37. The van der Waals surface area contributed by atoms with Crippen LogP contribution in [0.3, 0.4) is 0 Å². The van der Waals surface area contributed by atoms with Crippen LogP contribution in [-0.2, 0) is 4.74 Å². The Labute approximate surface area is 199 Å². The van der Waals surface area contributed by atoms with E-state index in [1.807, 2.05) is 48.7 Å². The number of thiophene rings is 1. The van der Waals surface area contributed by atoms with E-state index in [0.717, 1.165) is 31.6 Å². The Bertz CT molecular complexity index is 983. The SMILES string of the molecule is CNC(C)OC(=N)c1cccc(N/C=C(\C=N)N(C(=O)c2cccs2)C2CCN(C)CC2)c1. The van der Waals surface area contributed by atoms with Gasteiger partial charge in [-0.2, -0.15) is 0 Å². The first-order valence-electron chi connectivity index (χ1n) is 11.0. The molecule has 33 heavy (non-hydrogen) atoms. The molecule has 1 aliphatic heterocycles. The van der Waals surface area contributed by atoms with Crippen molar-refractivity contribution in [3.63, 3.8) is 0 Å². The number of benzene rings is 1. The van der Waals surface area contributed by atoms with Gasteiger partial charge in [-0.1, -0.05) is 12.1 Å². The Balaban J connectivity index is 1.82. The monoisotopic (exact) mass is 468 g/mol. The van der Waals surface area contributed by atoms with E-state index in [4.69, 9.17) is 15.6 Å². The van der Waals surface area contributed by atoms with E-state index in [0.29, 0.717) is 16.1 Å². The molecule has 3 rings (SSSR count). The molecular formula is C24H32N6O2S. The van der Waals surface area contributed by atoms with Crippen molar-refractivity contribution in [2.75, 3.05) is 32.5 Å². The van der Waals surface area contributed by atoms with Crippen LogP contribution in [0.5, 0.6) is 0 Å². The standard InChI is InChI=1S/C24H32N6O2S/c1-17(27-2)32-23(26)18-6-4-7-19(14-18)28-16-21(15-25)30(20-9-11-29(3)12-10-20)24(31)22-8-5-13-33-22/h4-8,13-17,20,25-28H,9-12H2,1-3H3/b21-16+,25-15?,26-23?. The molecule has 1 atom stereocenters. The first kappa shape index (κ1) is 24.6. The maximum atomic E-state index is 13.4. The molecule has 0 bridgehead atoms. The van der Waals surface area contributed by atoms with Crippen molar-refractivity contribution >= 4 is 35.0 Å². The van der Waals surface area contributed by atoms with Gasteiger partial charge >= 0.3 is 0 Å². The third-order valence-electron chi connectivity index (χ3n) is 5.64. The smallest absolute Gasteiger partial charge is 0.268 e. The van der Waals surface area contributed by atoms with Crippen molar-refractivity contribution < 1.29 is 9.53 Å². The lowest BCUT2D eigenvalue weighted by atomic mass is 10.0. The number of nitrogens with zero attached hydrogens (tertiary/aromatic N) is 2. The highest BCUT2D eigenvalue weighted by molar-refractivity contribution is 7.12. The van der Waals surface area contributed by atoms with Gasteiger partial charge in [-0.15, -0.1) is 11.3 Å².